The summed E-state index contributed by atoms with van der Waals surface area (Å²) in [6, 6.07) is 6.56. The molecule has 2 N–H and O–H groups in total. The third-order valence-electron chi connectivity index (χ3n) is 4.47. The zero-order valence-electron chi connectivity index (χ0n) is 16.7. The van der Waals surface area contributed by atoms with Crippen LogP contribution < -0.4 is 10.6 Å². The number of amides is 2. The smallest absolute Gasteiger partial charge is 0.316 e. The molecule has 1 heterocycles. The number of piperidine rings is 1. The topological polar surface area (TPSA) is 87.7 Å². The minimum Gasteiger partial charge on any atom is -0.455 e. The highest BCUT2D eigenvalue weighted by molar-refractivity contribution is 8.23. The Morgan fingerprint density at radius 2 is 2.00 bits per heavy atom. The van der Waals surface area contributed by atoms with Gasteiger partial charge in [0.25, 0.3) is 11.8 Å². The summed E-state index contributed by atoms with van der Waals surface area (Å²) in [5, 5.41) is 5.31. The van der Waals surface area contributed by atoms with Crippen LogP contribution in [0.3, 0.4) is 0 Å². The van der Waals surface area contributed by atoms with Crippen molar-refractivity contribution in [2.24, 2.45) is 5.92 Å². The van der Waals surface area contributed by atoms with Crippen molar-refractivity contribution in [3.8, 4) is 0 Å². The number of nitrogens with zero attached hydrogens (tertiary/aromatic N) is 1. The molecule has 1 saturated heterocycles. The summed E-state index contributed by atoms with van der Waals surface area (Å²) in [6.07, 6.45) is 2.21. The van der Waals surface area contributed by atoms with E-state index >= 15 is 0 Å². The highest BCUT2D eigenvalue weighted by Crippen LogP contribution is 2.20. The number of nitrogens with one attached hydrogen (secondary N) is 2. The molecule has 0 saturated carbocycles. The molecular weight excluding hydrogens is 410 g/mol. The van der Waals surface area contributed by atoms with E-state index in [1.807, 2.05) is 6.92 Å². The number of anilines is 1. The van der Waals surface area contributed by atoms with Gasteiger partial charge in [0.15, 0.2) is 6.61 Å². The Hall–Kier alpha value is -2.13. The minimum absolute atomic E-state index is 0.0742. The molecule has 0 unspecified atom stereocenters. The van der Waals surface area contributed by atoms with Gasteiger partial charge in [0.05, 0.1) is 5.75 Å². The van der Waals surface area contributed by atoms with Crippen LogP contribution >= 0.6 is 24.0 Å². The summed E-state index contributed by atoms with van der Waals surface area (Å²) < 4.78 is 5.71. The van der Waals surface area contributed by atoms with Gasteiger partial charge < -0.3 is 20.3 Å². The molecule has 9 heteroatoms. The second kappa shape index (κ2) is 11.8. The molecule has 0 bridgehead atoms. The van der Waals surface area contributed by atoms with Gasteiger partial charge in [0.2, 0.25) is 0 Å². The van der Waals surface area contributed by atoms with Gasteiger partial charge in [-0.15, -0.1) is 0 Å². The fourth-order valence-electron chi connectivity index (χ4n) is 2.79. The molecule has 0 aromatic heterocycles. The molecule has 1 aliphatic rings. The Kier molecular flexibility index (Phi) is 9.40. The Labute approximate surface area is 180 Å². The molecule has 0 aliphatic carbocycles. The van der Waals surface area contributed by atoms with Gasteiger partial charge in [-0.3, -0.25) is 14.4 Å². The van der Waals surface area contributed by atoms with Crippen LogP contribution in [0, 0.1) is 5.92 Å². The standard InChI is InChI=1S/C20H27N3O4S2/c1-3-21-19(26)15-5-4-6-16(11-15)22-17(24)12-27-18(25)13-29-20(28)23-9-7-14(2)8-10-23/h4-6,11,14H,3,7-10,12-13H2,1-2H3,(H,21,26)(H,22,24). The Morgan fingerprint density at radius 3 is 2.69 bits per heavy atom. The SMILES string of the molecule is CCNC(=O)c1cccc(NC(=O)COC(=O)CSC(=S)N2CCC(C)CC2)c1. The van der Waals surface area contributed by atoms with E-state index in [1.54, 1.807) is 24.3 Å². The van der Waals surface area contributed by atoms with Gasteiger partial charge >= 0.3 is 5.97 Å². The first-order valence-corrected chi connectivity index (χ1v) is 11.0. The normalized spacial score (nSPS) is 14.2. The van der Waals surface area contributed by atoms with Crippen molar-refractivity contribution in [3.63, 3.8) is 0 Å². The van der Waals surface area contributed by atoms with Crippen molar-refractivity contribution in [2.75, 3.05) is 37.3 Å². The second-order valence-electron chi connectivity index (χ2n) is 6.87. The van der Waals surface area contributed by atoms with E-state index < -0.39 is 18.5 Å². The highest BCUT2D eigenvalue weighted by Gasteiger charge is 2.19. The van der Waals surface area contributed by atoms with E-state index in [0.717, 1.165) is 25.9 Å². The highest BCUT2D eigenvalue weighted by atomic mass is 32.2. The largest absolute Gasteiger partial charge is 0.455 e. The maximum absolute atomic E-state index is 12.0. The van der Waals surface area contributed by atoms with E-state index in [1.165, 1.54) is 11.8 Å². The number of carbonyl (C=O) groups is 3. The predicted octanol–water partition coefficient (Wildman–Crippen LogP) is 2.67. The lowest BCUT2D eigenvalue weighted by Gasteiger charge is -2.31. The van der Waals surface area contributed by atoms with E-state index in [-0.39, 0.29) is 11.7 Å². The molecule has 2 rings (SSSR count). The van der Waals surface area contributed by atoms with Gasteiger partial charge in [-0.25, -0.2) is 0 Å². The van der Waals surface area contributed by atoms with Gasteiger partial charge in [-0.1, -0.05) is 37.0 Å². The molecule has 1 aromatic carbocycles. The third-order valence-corrected chi connectivity index (χ3v) is 5.96. The molecule has 2 amide bonds. The minimum atomic E-state index is -0.492. The summed E-state index contributed by atoms with van der Waals surface area (Å²) in [7, 11) is 0. The van der Waals surface area contributed by atoms with Crippen LogP contribution in [0.25, 0.3) is 0 Å². The number of hydrogen-bond donors (Lipinski definition) is 2. The number of thiocarbonyl (C=S) groups is 1. The van der Waals surface area contributed by atoms with Gasteiger partial charge in [-0.2, -0.15) is 0 Å². The summed E-state index contributed by atoms with van der Waals surface area (Å²) in [6.45, 7) is 6.02. The Balaban J connectivity index is 1.70. The summed E-state index contributed by atoms with van der Waals surface area (Å²) in [5.41, 5.74) is 0.906. The van der Waals surface area contributed by atoms with Crippen molar-refractivity contribution in [2.45, 2.75) is 26.7 Å². The fraction of sp³-hybridized carbons (Fsp3) is 0.500. The van der Waals surface area contributed by atoms with E-state index in [9.17, 15) is 14.4 Å². The Bertz CT molecular complexity index is 749. The van der Waals surface area contributed by atoms with Crippen molar-refractivity contribution in [3.05, 3.63) is 29.8 Å². The Morgan fingerprint density at radius 1 is 1.28 bits per heavy atom. The van der Waals surface area contributed by atoms with Crippen LogP contribution in [0.1, 0.15) is 37.0 Å². The first-order valence-electron chi connectivity index (χ1n) is 9.64. The van der Waals surface area contributed by atoms with E-state index in [4.69, 9.17) is 17.0 Å². The molecule has 0 radical (unpaired) electrons. The lowest BCUT2D eigenvalue weighted by atomic mass is 10.00. The van der Waals surface area contributed by atoms with Gasteiger partial charge in [0, 0.05) is 30.9 Å². The molecule has 29 heavy (non-hydrogen) atoms. The molecule has 1 aromatic rings. The molecule has 0 atom stereocenters. The summed E-state index contributed by atoms with van der Waals surface area (Å²) in [4.78, 5) is 37.9. The van der Waals surface area contributed by atoms with Crippen LogP contribution in [-0.4, -0.2) is 59.0 Å². The maximum Gasteiger partial charge on any atom is 0.316 e. The molecule has 7 nitrogen and oxygen atoms in total. The van der Waals surface area contributed by atoms with Crippen molar-refractivity contribution in [1.29, 1.82) is 0 Å². The lowest BCUT2D eigenvalue weighted by Crippen LogP contribution is -2.36. The van der Waals surface area contributed by atoms with Crippen LogP contribution in [0.15, 0.2) is 24.3 Å². The zero-order chi connectivity index (χ0) is 21.2. The first-order chi connectivity index (χ1) is 13.9. The van der Waals surface area contributed by atoms with E-state index in [2.05, 4.69) is 22.5 Å². The van der Waals surface area contributed by atoms with Gasteiger partial charge in [0.1, 0.15) is 4.32 Å². The number of likely N-dealkylation sites (tertiary alicyclic amines) is 1. The number of benzene rings is 1. The number of thioether (sulfide) groups is 1. The van der Waals surface area contributed by atoms with Crippen molar-refractivity contribution < 1.29 is 19.1 Å². The second-order valence-corrected chi connectivity index (χ2v) is 8.48. The van der Waals surface area contributed by atoms with Crippen LogP contribution in [0.5, 0.6) is 0 Å². The molecule has 1 fully saturated rings. The molecular formula is C20H27N3O4S2. The lowest BCUT2D eigenvalue weighted by molar-refractivity contribution is -0.144. The van der Waals surface area contributed by atoms with Crippen LogP contribution in [0.2, 0.25) is 0 Å². The monoisotopic (exact) mass is 437 g/mol. The number of hydrogen-bond acceptors (Lipinski definition) is 6. The quantitative estimate of drug-likeness (QED) is 0.501. The predicted molar refractivity (Wildman–Crippen MR) is 119 cm³/mol. The van der Waals surface area contributed by atoms with Gasteiger partial charge in [-0.05, 0) is 43.9 Å². The number of carbonyl (C=O) groups excluding carboxylic acids is 3. The van der Waals surface area contributed by atoms with Crippen molar-refractivity contribution in [1.82, 2.24) is 10.2 Å². The molecule has 158 valence electrons. The number of esters is 1. The van der Waals surface area contributed by atoms with Crippen LogP contribution in [0.4, 0.5) is 5.69 Å². The fourth-order valence-corrected chi connectivity index (χ4v) is 3.84. The van der Waals surface area contributed by atoms with Crippen molar-refractivity contribution >= 4 is 51.8 Å². The summed E-state index contributed by atoms with van der Waals surface area (Å²) in [5.74, 6) is -0.390. The number of rotatable bonds is 7. The maximum atomic E-state index is 12.0. The average molecular weight is 438 g/mol. The number of ether oxygens (including phenoxy) is 1. The first kappa shape index (κ1) is 23.2. The van der Waals surface area contributed by atoms with Crippen LogP contribution in [-0.2, 0) is 14.3 Å². The molecule has 1 aliphatic heterocycles. The third kappa shape index (κ3) is 8.02. The average Bonchev–Trinajstić information content (AvgIpc) is 2.71. The summed E-state index contributed by atoms with van der Waals surface area (Å²) >= 11 is 6.64. The molecule has 0 spiro atoms. The van der Waals surface area contributed by atoms with E-state index in [0.29, 0.717) is 28.0 Å². The zero-order valence-corrected chi connectivity index (χ0v) is 18.4.